The zero-order valence-corrected chi connectivity index (χ0v) is 17.7. The normalized spacial score (nSPS) is 18.1. The van der Waals surface area contributed by atoms with Crippen molar-refractivity contribution >= 4 is 5.91 Å². The van der Waals surface area contributed by atoms with Crippen LogP contribution in [0, 0.1) is 0 Å². The fourth-order valence-electron chi connectivity index (χ4n) is 3.83. The molecule has 1 aromatic carbocycles. The Morgan fingerprint density at radius 2 is 1.65 bits per heavy atom. The van der Waals surface area contributed by atoms with Gasteiger partial charge in [0.25, 0.3) is 5.91 Å². The smallest absolute Gasteiger partial charge is 0.260 e. The van der Waals surface area contributed by atoms with Crippen LogP contribution in [0.4, 0.5) is 0 Å². The predicted molar refractivity (Wildman–Crippen MR) is 115 cm³/mol. The summed E-state index contributed by atoms with van der Waals surface area (Å²) < 4.78 is 16.4. The summed E-state index contributed by atoms with van der Waals surface area (Å²) in [7, 11) is 0. The second-order valence-electron chi connectivity index (χ2n) is 7.89. The topological polar surface area (TPSA) is 75.5 Å². The van der Waals surface area contributed by atoms with Gasteiger partial charge in [-0.1, -0.05) is 30.3 Å². The number of morpholine rings is 1. The zero-order chi connectivity index (χ0) is 21.5. The fraction of sp³-hybridized carbons (Fsp3) is 0.478. The highest BCUT2D eigenvalue weighted by Crippen LogP contribution is 2.11. The number of ether oxygens (including phenoxy) is 2. The van der Waals surface area contributed by atoms with Crippen LogP contribution in [0.15, 0.2) is 51.9 Å². The van der Waals surface area contributed by atoms with Gasteiger partial charge < -0.3 is 18.8 Å². The molecule has 2 saturated heterocycles. The van der Waals surface area contributed by atoms with E-state index in [0.29, 0.717) is 38.6 Å². The molecular weight excluding hydrogens is 398 g/mol. The van der Waals surface area contributed by atoms with E-state index in [2.05, 4.69) is 21.9 Å². The maximum Gasteiger partial charge on any atom is 0.260 e. The monoisotopic (exact) mass is 427 g/mol. The average molecular weight is 428 g/mol. The van der Waals surface area contributed by atoms with Crippen molar-refractivity contribution in [1.29, 1.82) is 0 Å². The predicted octanol–water partition coefficient (Wildman–Crippen LogP) is 1.20. The lowest BCUT2D eigenvalue weighted by molar-refractivity contribution is -0.135. The van der Waals surface area contributed by atoms with Crippen molar-refractivity contribution < 1.29 is 18.7 Å². The van der Waals surface area contributed by atoms with Crippen LogP contribution in [0.5, 0.6) is 5.75 Å². The highest BCUT2D eigenvalue weighted by Gasteiger charge is 2.22. The molecule has 0 radical (unpaired) electrons. The summed E-state index contributed by atoms with van der Waals surface area (Å²) in [5, 5.41) is 0. The van der Waals surface area contributed by atoms with Crippen LogP contribution < -0.4 is 10.2 Å². The minimum absolute atomic E-state index is 0.0711. The van der Waals surface area contributed by atoms with E-state index in [9.17, 15) is 9.59 Å². The van der Waals surface area contributed by atoms with Crippen LogP contribution in [-0.4, -0.2) is 79.7 Å². The number of carbonyl (C=O) groups is 1. The molecule has 3 heterocycles. The Labute approximate surface area is 181 Å². The number of piperazine rings is 1. The molecule has 0 unspecified atom stereocenters. The third-order valence-electron chi connectivity index (χ3n) is 5.66. The van der Waals surface area contributed by atoms with Gasteiger partial charge in [-0.3, -0.25) is 19.4 Å². The molecule has 166 valence electrons. The van der Waals surface area contributed by atoms with Crippen molar-refractivity contribution in [3.8, 4) is 5.75 Å². The van der Waals surface area contributed by atoms with Gasteiger partial charge in [-0.05, 0) is 5.56 Å². The molecule has 8 heteroatoms. The number of rotatable bonds is 7. The van der Waals surface area contributed by atoms with E-state index in [4.69, 9.17) is 13.9 Å². The quantitative estimate of drug-likeness (QED) is 0.657. The number of amides is 1. The van der Waals surface area contributed by atoms with Crippen LogP contribution in [0.1, 0.15) is 11.3 Å². The first-order valence-electron chi connectivity index (χ1n) is 10.8. The Bertz CT molecular complexity index is 903. The van der Waals surface area contributed by atoms with Gasteiger partial charge in [0.1, 0.15) is 12.0 Å². The summed E-state index contributed by atoms with van der Waals surface area (Å²) >= 11 is 0. The van der Waals surface area contributed by atoms with E-state index in [-0.39, 0.29) is 23.7 Å². The summed E-state index contributed by atoms with van der Waals surface area (Å²) in [5.41, 5.74) is 1.00. The molecule has 0 aliphatic carbocycles. The van der Waals surface area contributed by atoms with Crippen LogP contribution in [0.2, 0.25) is 0 Å². The maximum absolute atomic E-state index is 12.5. The van der Waals surface area contributed by atoms with Gasteiger partial charge in [0.15, 0.2) is 6.61 Å². The van der Waals surface area contributed by atoms with Gasteiger partial charge in [-0.15, -0.1) is 0 Å². The van der Waals surface area contributed by atoms with E-state index in [1.54, 1.807) is 4.90 Å². The number of hydrogen-bond donors (Lipinski definition) is 0. The van der Waals surface area contributed by atoms with E-state index in [0.717, 1.165) is 32.7 Å². The van der Waals surface area contributed by atoms with Gasteiger partial charge in [0.2, 0.25) is 11.2 Å². The molecule has 0 atom stereocenters. The van der Waals surface area contributed by atoms with Crippen LogP contribution >= 0.6 is 0 Å². The molecule has 0 saturated carbocycles. The molecule has 0 bridgehead atoms. The van der Waals surface area contributed by atoms with Crippen molar-refractivity contribution in [2.75, 3.05) is 59.1 Å². The largest absolute Gasteiger partial charge is 0.477 e. The maximum atomic E-state index is 12.5. The third kappa shape index (κ3) is 6.16. The van der Waals surface area contributed by atoms with Crippen LogP contribution in [0.3, 0.4) is 0 Å². The lowest BCUT2D eigenvalue weighted by Gasteiger charge is -2.34. The van der Waals surface area contributed by atoms with Crippen LogP contribution in [0.25, 0.3) is 0 Å². The minimum Gasteiger partial charge on any atom is -0.477 e. The lowest BCUT2D eigenvalue weighted by Crippen LogP contribution is -2.49. The van der Waals surface area contributed by atoms with Crippen molar-refractivity contribution in [3.05, 3.63) is 64.2 Å². The zero-order valence-electron chi connectivity index (χ0n) is 17.7. The average Bonchev–Trinajstić information content (AvgIpc) is 2.80. The SMILES string of the molecule is O=C(COc1coc(CN2CCOCC2)cc1=O)N1CCN(Cc2ccccc2)CC1. The molecule has 8 nitrogen and oxygen atoms in total. The molecule has 2 aliphatic rings. The van der Waals surface area contributed by atoms with Gasteiger partial charge in [0, 0.05) is 51.9 Å². The molecule has 0 spiro atoms. The Hall–Kier alpha value is -2.68. The lowest BCUT2D eigenvalue weighted by atomic mass is 10.2. The first kappa shape index (κ1) is 21.5. The summed E-state index contributed by atoms with van der Waals surface area (Å²) in [6, 6.07) is 11.8. The standard InChI is InChI=1S/C23H29N3O5/c27-21-14-20(16-25-10-12-29-13-11-25)30-17-22(21)31-18-23(28)26-8-6-24(7-9-26)15-19-4-2-1-3-5-19/h1-5,14,17H,6-13,15-16,18H2. The molecule has 0 N–H and O–H groups in total. The van der Waals surface area contributed by atoms with Crippen molar-refractivity contribution in [1.82, 2.24) is 14.7 Å². The number of benzene rings is 1. The summed E-state index contributed by atoms with van der Waals surface area (Å²) in [6.07, 6.45) is 1.31. The van der Waals surface area contributed by atoms with Gasteiger partial charge in [-0.2, -0.15) is 0 Å². The molecule has 2 aliphatic heterocycles. The number of nitrogens with zero attached hydrogens (tertiary/aromatic N) is 3. The molecule has 1 amide bonds. The summed E-state index contributed by atoms with van der Waals surface area (Å²) in [5.74, 6) is 0.540. The summed E-state index contributed by atoms with van der Waals surface area (Å²) in [6.45, 7) is 7.24. The summed E-state index contributed by atoms with van der Waals surface area (Å²) in [4.78, 5) is 31.1. The van der Waals surface area contributed by atoms with Crippen molar-refractivity contribution in [2.45, 2.75) is 13.1 Å². The van der Waals surface area contributed by atoms with Crippen molar-refractivity contribution in [3.63, 3.8) is 0 Å². The minimum atomic E-state index is -0.269. The fourth-order valence-corrected chi connectivity index (χ4v) is 3.83. The van der Waals surface area contributed by atoms with Gasteiger partial charge >= 0.3 is 0 Å². The molecule has 4 rings (SSSR count). The van der Waals surface area contributed by atoms with Crippen molar-refractivity contribution in [2.24, 2.45) is 0 Å². The third-order valence-corrected chi connectivity index (χ3v) is 5.66. The van der Waals surface area contributed by atoms with E-state index < -0.39 is 0 Å². The second kappa shape index (κ2) is 10.6. The molecule has 31 heavy (non-hydrogen) atoms. The molecule has 2 aromatic rings. The van der Waals surface area contributed by atoms with Crippen LogP contribution in [-0.2, 0) is 22.6 Å². The number of carbonyl (C=O) groups excluding carboxylic acids is 1. The highest BCUT2D eigenvalue weighted by atomic mass is 16.5. The Balaban J connectivity index is 1.22. The van der Waals surface area contributed by atoms with Gasteiger partial charge in [-0.25, -0.2) is 0 Å². The van der Waals surface area contributed by atoms with E-state index >= 15 is 0 Å². The Kier molecular flexibility index (Phi) is 7.35. The molecular formula is C23H29N3O5. The number of hydrogen-bond acceptors (Lipinski definition) is 7. The second-order valence-corrected chi connectivity index (χ2v) is 7.89. The highest BCUT2D eigenvalue weighted by molar-refractivity contribution is 5.77. The Morgan fingerprint density at radius 1 is 0.935 bits per heavy atom. The van der Waals surface area contributed by atoms with E-state index in [1.165, 1.54) is 17.9 Å². The first-order chi connectivity index (χ1) is 15.2. The molecule has 1 aromatic heterocycles. The molecule has 2 fully saturated rings. The van der Waals surface area contributed by atoms with E-state index in [1.807, 2.05) is 18.2 Å². The Morgan fingerprint density at radius 3 is 2.35 bits per heavy atom. The first-order valence-corrected chi connectivity index (χ1v) is 10.8. The van der Waals surface area contributed by atoms with Gasteiger partial charge in [0.05, 0.1) is 19.8 Å².